The van der Waals surface area contributed by atoms with Gasteiger partial charge < -0.3 is 0 Å². The fourth-order valence-corrected chi connectivity index (χ4v) is 1.79. The van der Waals surface area contributed by atoms with E-state index in [1.54, 1.807) is 20.8 Å². The van der Waals surface area contributed by atoms with Crippen LogP contribution < -0.4 is 0 Å². The van der Waals surface area contributed by atoms with E-state index in [4.69, 9.17) is 0 Å². The maximum absolute atomic E-state index is 12.0. The Balaban J connectivity index is 3.04. The minimum absolute atomic E-state index is 0.00816. The number of Topliss-reactive ketones (excluding diaryl/α,β-unsaturated/α-hetero) is 2. The molecule has 0 saturated heterocycles. The first-order valence-electron chi connectivity index (χ1n) is 5.47. The van der Waals surface area contributed by atoms with E-state index in [2.05, 4.69) is 6.58 Å². The monoisotopic (exact) mass is 218 g/mol. The molecule has 0 aromatic rings. The summed E-state index contributed by atoms with van der Waals surface area (Å²) >= 11 is 0. The van der Waals surface area contributed by atoms with Gasteiger partial charge in [0.25, 0.3) is 0 Å². The zero-order chi connectivity index (χ0) is 12.5. The Labute approximate surface area is 96.7 Å². The molecule has 0 atom stereocenters. The van der Waals surface area contributed by atoms with Crippen molar-refractivity contribution in [1.29, 1.82) is 0 Å². The van der Waals surface area contributed by atoms with Gasteiger partial charge in [0.2, 0.25) is 0 Å². The second-order valence-corrected chi connectivity index (χ2v) is 4.47. The van der Waals surface area contributed by atoms with E-state index in [0.29, 0.717) is 28.7 Å². The minimum Gasteiger partial charge on any atom is -0.289 e. The summed E-state index contributed by atoms with van der Waals surface area (Å²) in [5.41, 5.74) is 3.48. The van der Waals surface area contributed by atoms with Crippen molar-refractivity contribution in [2.45, 2.75) is 40.5 Å². The molecular formula is C14H18O2. The van der Waals surface area contributed by atoms with Crippen LogP contribution >= 0.6 is 0 Å². The van der Waals surface area contributed by atoms with E-state index < -0.39 is 0 Å². The molecule has 2 nitrogen and oxygen atoms in total. The van der Waals surface area contributed by atoms with Crippen LogP contribution in [0.3, 0.4) is 0 Å². The molecule has 0 aromatic heterocycles. The molecule has 0 heterocycles. The predicted octanol–water partition coefficient (Wildman–Crippen LogP) is 3.15. The van der Waals surface area contributed by atoms with Gasteiger partial charge in [0.05, 0.1) is 0 Å². The second-order valence-electron chi connectivity index (χ2n) is 4.47. The summed E-state index contributed by atoms with van der Waals surface area (Å²) in [6.45, 7) is 10.9. The fraction of sp³-hybridized carbons (Fsp3) is 0.429. The number of rotatable bonds is 3. The lowest BCUT2D eigenvalue weighted by atomic mass is 9.84. The van der Waals surface area contributed by atoms with Gasteiger partial charge in [-0.15, -0.1) is 6.58 Å². The smallest absolute Gasteiger partial charge is 0.185 e. The van der Waals surface area contributed by atoms with Crippen LogP contribution in [-0.4, -0.2) is 11.6 Å². The van der Waals surface area contributed by atoms with Gasteiger partial charge in [0.1, 0.15) is 0 Å². The van der Waals surface area contributed by atoms with Gasteiger partial charge in [-0.05, 0) is 40.5 Å². The molecular weight excluding hydrogens is 200 g/mol. The van der Waals surface area contributed by atoms with E-state index in [-0.39, 0.29) is 11.6 Å². The quantitative estimate of drug-likeness (QED) is 0.538. The highest BCUT2D eigenvalue weighted by atomic mass is 16.1. The summed E-state index contributed by atoms with van der Waals surface area (Å²) in [7, 11) is 0. The molecule has 0 fully saturated rings. The summed E-state index contributed by atoms with van der Waals surface area (Å²) in [4.78, 5) is 23.9. The Kier molecular flexibility index (Phi) is 3.63. The minimum atomic E-state index is 0.00816. The Hall–Kier alpha value is -1.44. The van der Waals surface area contributed by atoms with Crippen molar-refractivity contribution in [2.24, 2.45) is 0 Å². The number of carbonyl (C=O) groups excluding carboxylic acids is 2. The first-order chi connectivity index (χ1) is 7.36. The molecule has 0 bridgehead atoms. The number of hydrogen-bond donors (Lipinski definition) is 0. The molecule has 0 unspecified atom stereocenters. The van der Waals surface area contributed by atoms with Crippen molar-refractivity contribution < 1.29 is 9.59 Å². The summed E-state index contributed by atoms with van der Waals surface area (Å²) in [6.07, 6.45) is 1.38. The Morgan fingerprint density at radius 2 is 1.50 bits per heavy atom. The molecule has 16 heavy (non-hydrogen) atoms. The highest BCUT2D eigenvalue weighted by Crippen LogP contribution is 2.27. The molecule has 0 aliphatic heterocycles. The Morgan fingerprint density at radius 1 is 1.00 bits per heavy atom. The molecule has 0 amide bonds. The number of hydrogen-bond acceptors (Lipinski definition) is 2. The van der Waals surface area contributed by atoms with E-state index in [9.17, 15) is 9.59 Å². The second kappa shape index (κ2) is 4.60. The summed E-state index contributed by atoms with van der Waals surface area (Å²) < 4.78 is 0. The molecule has 0 spiro atoms. The number of allylic oxidation sites excluding steroid dienone is 5. The predicted molar refractivity (Wildman–Crippen MR) is 65.1 cm³/mol. The van der Waals surface area contributed by atoms with Crippen LogP contribution in [0.5, 0.6) is 0 Å². The van der Waals surface area contributed by atoms with Gasteiger partial charge in [-0.1, -0.05) is 5.57 Å². The number of carbonyl (C=O) groups is 2. The lowest BCUT2D eigenvalue weighted by Gasteiger charge is -2.18. The third-order valence-corrected chi connectivity index (χ3v) is 3.11. The van der Waals surface area contributed by atoms with Gasteiger partial charge in [0.15, 0.2) is 11.6 Å². The molecule has 1 rings (SSSR count). The lowest BCUT2D eigenvalue weighted by molar-refractivity contribution is -0.116. The van der Waals surface area contributed by atoms with E-state index in [1.807, 2.05) is 6.92 Å². The van der Waals surface area contributed by atoms with E-state index >= 15 is 0 Å². The largest absolute Gasteiger partial charge is 0.289 e. The van der Waals surface area contributed by atoms with Gasteiger partial charge in [-0.25, -0.2) is 0 Å². The maximum Gasteiger partial charge on any atom is 0.185 e. The van der Waals surface area contributed by atoms with Crippen LogP contribution in [0.2, 0.25) is 0 Å². The summed E-state index contributed by atoms with van der Waals surface area (Å²) in [5.74, 6) is 0.0321. The van der Waals surface area contributed by atoms with Crippen LogP contribution in [0, 0.1) is 0 Å². The first kappa shape index (κ1) is 12.6. The summed E-state index contributed by atoms with van der Waals surface area (Å²) in [6, 6.07) is 0. The number of ketones is 2. The topological polar surface area (TPSA) is 34.1 Å². The van der Waals surface area contributed by atoms with E-state index in [0.717, 1.165) is 12.0 Å². The third kappa shape index (κ3) is 2.21. The fourth-order valence-electron chi connectivity index (χ4n) is 1.79. The van der Waals surface area contributed by atoms with Gasteiger partial charge in [-0.3, -0.25) is 9.59 Å². The van der Waals surface area contributed by atoms with Crippen molar-refractivity contribution >= 4 is 11.6 Å². The van der Waals surface area contributed by atoms with Crippen LogP contribution in [0.25, 0.3) is 0 Å². The molecule has 0 aromatic carbocycles. The Bertz CT molecular complexity index is 434. The van der Waals surface area contributed by atoms with Crippen LogP contribution in [0.1, 0.15) is 40.5 Å². The molecule has 2 heteroatoms. The normalized spacial score (nSPS) is 17.2. The molecule has 0 saturated carbocycles. The molecule has 86 valence electrons. The Morgan fingerprint density at radius 3 is 2.00 bits per heavy atom. The molecule has 1 aliphatic rings. The molecule has 1 aliphatic carbocycles. The highest BCUT2D eigenvalue weighted by Gasteiger charge is 2.27. The van der Waals surface area contributed by atoms with E-state index in [1.165, 1.54) is 0 Å². The zero-order valence-electron chi connectivity index (χ0n) is 10.4. The zero-order valence-corrected chi connectivity index (χ0v) is 10.4. The molecule has 0 N–H and O–H groups in total. The summed E-state index contributed by atoms with van der Waals surface area (Å²) in [5, 5.41) is 0. The van der Waals surface area contributed by atoms with Crippen molar-refractivity contribution in [3.05, 3.63) is 34.4 Å². The molecule has 0 radical (unpaired) electrons. The SMILES string of the molecule is C=C(C)CCC1=C(C)C(=O)C(C)=C(C)C1=O. The van der Waals surface area contributed by atoms with Crippen LogP contribution in [-0.2, 0) is 9.59 Å². The van der Waals surface area contributed by atoms with Crippen molar-refractivity contribution in [1.82, 2.24) is 0 Å². The average Bonchev–Trinajstić information content (AvgIpc) is 2.23. The first-order valence-corrected chi connectivity index (χ1v) is 5.47. The van der Waals surface area contributed by atoms with Gasteiger partial charge >= 0.3 is 0 Å². The van der Waals surface area contributed by atoms with Crippen LogP contribution in [0.4, 0.5) is 0 Å². The average molecular weight is 218 g/mol. The van der Waals surface area contributed by atoms with Crippen LogP contribution in [0.15, 0.2) is 34.4 Å². The maximum atomic E-state index is 12.0. The van der Waals surface area contributed by atoms with Gasteiger partial charge in [0, 0.05) is 22.3 Å². The van der Waals surface area contributed by atoms with Crippen molar-refractivity contribution in [2.75, 3.05) is 0 Å². The van der Waals surface area contributed by atoms with Crippen molar-refractivity contribution in [3.63, 3.8) is 0 Å². The van der Waals surface area contributed by atoms with Crippen molar-refractivity contribution in [3.8, 4) is 0 Å². The van der Waals surface area contributed by atoms with Gasteiger partial charge in [-0.2, -0.15) is 0 Å². The highest BCUT2D eigenvalue weighted by molar-refractivity contribution is 6.24. The lowest BCUT2D eigenvalue weighted by Crippen LogP contribution is -2.20. The standard InChI is InChI=1S/C14H18O2/c1-8(2)6-7-12-11(5)13(15)9(3)10(4)14(12)16/h1,6-7H2,2-5H3. The third-order valence-electron chi connectivity index (χ3n) is 3.11.